The van der Waals surface area contributed by atoms with Crippen LogP contribution >= 0.6 is 11.6 Å². The Balaban J connectivity index is 3.07. The molecular weight excluding hydrogens is 289 g/mol. The second-order valence-corrected chi connectivity index (χ2v) is 5.21. The summed E-state index contributed by atoms with van der Waals surface area (Å²) in [5.74, 6) is 0. The Hall–Kier alpha value is -0.940. The van der Waals surface area contributed by atoms with Crippen molar-refractivity contribution in [3.8, 4) is 0 Å². The van der Waals surface area contributed by atoms with Crippen molar-refractivity contribution in [3.63, 3.8) is 0 Å². The molecule has 0 saturated carbocycles. The standard InChI is InChI=1S/C14H20ClF3N2/c1-3-12(19)8-10-7-11(15)5-6-13(10)20(4-2)9-14(16,17)18/h5-7,12H,3-4,8-9,19H2,1-2H3. The highest BCUT2D eigenvalue weighted by Crippen LogP contribution is 2.28. The molecule has 0 aliphatic heterocycles. The summed E-state index contributed by atoms with van der Waals surface area (Å²) in [6.07, 6.45) is -2.96. The van der Waals surface area contributed by atoms with Gasteiger partial charge in [0.25, 0.3) is 0 Å². The third-order valence-corrected chi connectivity index (χ3v) is 3.38. The Morgan fingerprint density at radius 3 is 2.45 bits per heavy atom. The van der Waals surface area contributed by atoms with Gasteiger partial charge in [-0.25, -0.2) is 0 Å². The third kappa shape index (κ3) is 5.21. The van der Waals surface area contributed by atoms with E-state index in [-0.39, 0.29) is 12.6 Å². The number of halogens is 4. The van der Waals surface area contributed by atoms with E-state index < -0.39 is 12.7 Å². The van der Waals surface area contributed by atoms with Crippen LogP contribution in [0.15, 0.2) is 18.2 Å². The summed E-state index contributed by atoms with van der Waals surface area (Å²) in [5.41, 5.74) is 7.22. The highest BCUT2D eigenvalue weighted by Gasteiger charge is 2.31. The molecule has 0 aromatic heterocycles. The van der Waals surface area contributed by atoms with Gasteiger partial charge in [0, 0.05) is 23.3 Å². The lowest BCUT2D eigenvalue weighted by Gasteiger charge is -2.27. The molecule has 2 N–H and O–H groups in total. The Labute approximate surface area is 122 Å². The molecule has 114 valence electrons. The van der Waals surface area contributed by atoms with E-state index in [0.29, 0.717) is 17.1 Å². The molecule has 0 heterocycles. The van der Waals surface area contributed by atoms with Gasteiger partial charge in [0.15, 0.2) is 0 Å². The molecule has 0 aliphatic carbocycles. The maximum Gasteiger partial charge on any atom is 0.405 e. The molecule has 0 fully saturated rings. The van der Waals surface area contributed by atoms with E-state index in [4.69, 9.17) is 17.3 Å². The summed E-state index contributed by atoms with van der Waals surface area (Å²) in [4.78, 5) is 1.30. The van der Waals surface area contributed by atoms with E-state index in [2.05, 4.69) is 0 Å². The van der Waals surface area contributed by atoms with Crippen molar-refractivity contribution in [1.29, 1.82) is 0 Å². The number of hydrogen-bond acceptors (Lipinski definition) is 2. The van der Waals surface area contributed by atoms with E-state index in [9.17, 15) is 13.2 Å². The van der Waals surface area contributed by atoms with Crippen molar-refractivity contribution in [2.45, 2.75) is 38.9 Å². The lowest BCUT2D eigenvalue weighted by atomic mass is 10.0. The summed E-state index contributed by atoms with van der Waals surface area (Å²) in [6, 6.07) is 4.86. The van der Waals surface area contributed by atoms with Gasteiger partial charge in [-0.05, 0) is 43.5 Å². The number of alkyl halides is 3. The molecule has 1 unspecified atom stereocenters. The molecular formula is C14H20ClF3N2. The first-order valence-electron chi connectivity index (χ1n) is 6.62. The summed E-state index contributed by atoms with van der Waals surface area (Å²) in [7, 11) is 0. The Kier molecular flexibility index (Phi) is 6.14. The SMILES string of the molecule is CCC(N)Cc1cc(Cl)ccc1N(CC)CC(F)(F)F. The Morgan fingerprint density at radius 1 is 1.30 bits per heavy atom. The third-order valence-electron chi connectivity index (χ3n) is 3.14. The average Bonchev–Trinajstić information content (AvgIpc) is 2.35. The molecule has 20 heavy (non-hydrogen) atoms. The van der Waals surface area contributed by atoms with Crippen molar-refractivity contribution in [2.75, 3.05) is 18.0 Å². The maximum absolute atomic E-state index is 12.6. The largest absolute Gasteiger partial charge is 0.405 e. The van der Waals surface area contributed by atoms with Crippen molar-refractivity contribution < 1.29 is 13.2 Å². The highest BCUT2D eigenvalue weighted by molar-refractivity contribution is 6.30. The quantitative estimate of drug-likeness (QED) is 0.860. The van der Waals surface area contributed by atoms with E-state index in [1.54, 1.807) is 25.1 Å². The Morgan fingerprint density at radius 2 is 1.95 bits per heavy atom. The Bertz CT molecular complexity index is 435. The van der Waals surface area contributed by atoms with Crippen molar-refractivity contribution in [3.05, 3.63) is 28.8 Å². The zero-order chi connectivity index (χ0) is 15.3. The van der Waals surface area contributed by atoms with Crippen LogP contribution in [0.4, 0.5) is 18.9 Å². The second-order valence-electron chi connectivity index (χ2n) is 4.77. The predicted octanol–water partition coefficient (Wildman–Crippen LogP) is 4.01. The van der Waals surface area contributed by atoms with E-state index in [0.717, 1.165) is 12.0 Å². The summed E-state index contributed by atoms with van der Waals surface area (Å²) < 4.78 is 37.9. The van der Waals surface area contributed by atoms with E-state index in [1.807, 2.05) is 6.92 Å². The minimum Gasteiger partial charge on any atom is -0.363 e. The van der Waals surface area contributed by atoms with Gasteiger partial charge in [-0.15, -0.1) is 0 Å². The van der Waals surface area contributed by atoms with Crippen LogP contribution < -0.4 is 10.6 Å². The zero-order valence-electron chi connectivity index (χ0n) is 11.7. The first-order chi connectivity index (χ1) is 9.26. The summed E-state index contributed by atoms with van der Waals surface area (Å²) in [6.45, 7) is 2.95. The van der Waals surface area contributed by atoms with Crippen molar-refractivity contribution >= 4 is 17.3 Å². The van der Waals surface area contributed by atoms with Crippen LogP contribution in [0.1, 0.15) is 25.8 Å². The van der Waals surface area contributed by atoms with Gasteiger partial charge >= 0.3 is 6.18 Å². The van der Waals surface area contributed by atoms with Gasteiger partial charge in [-0.1, -0.05) is 18.5 Å². The van der Waals surface area contributed by atoms with E-state index in [1.165, 1.54) is 4.90 Å². The minimum atomic E-state index is -4.24. The zero-order valence-corrected chi connectivity index (χ0v) is 12.4. The topological polar surface area (TPSA) is 29.3 Å². The van der Waals surface area contributed by atoms with Crippen LogP contribution in [0.25, 0.3) is 0 Å². The van der Waals surface area contributed by atoms with Gasteiger partial charge in [-0.2, -0.15) is 13.2 Å². The molecule has 1 aromatic carbocycles. The molecule has 1 rings (SSSR count). The van der Waals surface area contributed by atoms with Gasteiger partial charge in [0.1, 0.15) is 6.54 Å². The fourth-order valence-electron chi connectivity index (χ4n) is 2.04. The molecule has 0 amide bonds. The first-order valence-corrected chi connectivity index (χ1v) is 7.00. The van der Waals surface area contributed by atoms with Crippen LogP contribution in [0.3, 0.4) is 0 Å². The van der Waals surface area contributed by atoms with E-state index >= 15 is 0 Å². The van der Waals surface area contributed by atoms with Gasteiger partial charge in [-0.3, -0.25) is 0 Å². The minimum absolute atomic E-state index is 0.0863. The summed E-state index contributed by atoms with van der Waals surface area (Å²) >= 11 is 5.94. The number of benzene rings is 1. The van der Waals surface area contributed by atoms with Gasteiger partial charge < -0.3 is 10.6 Å². The molecule has 6 heteroatoms. The molecule has 1 atom stereocenters. The smallest absolute Gasteiger partial charge is 0.363 e. The molecule has 0 aliphatic rings. The van der Waals surface area contributed by atoms with Crippen molar-refractivity contribution in [1.82, 2.24) is 0 Å². The van der Waals surface area contributed by atoms with Crippen LogP contribution in [0.2, 0.25) is 5.02 Å². The summed E-state index contributed by atoms with van der Waals surface area (Å²) in [5, 5.41) is 0.509. The number of nitrogens with zero attached hydrogens (tertiary/aromatic N) is 1. The monoisotopic (exact) mass is 308 g/mol. The lowest BCUT2D eigenvalue weighted by Crippen LogP contribution is -2.35. The number of nitrogens with two attached hydrogens (primary N) is 1. The average molecular weight is 309 g/mol. The number of rotatable bonds is 6. The van der Waals surface area contributed by atoms with Crippen molar-refractivity contribution in [2.24, 2.45) is 5.73 Å². The van der Waals surface area contributed by atoms with Crippen LogP contribution in [0, 0.1) is 0 Å². The molecule has 0 saturated heterocycles. The van der Waals surface area contributed by atoms with Gasteiger partial charge in [0.2, 0.25) is 0 Å². The number of hydrogen-bond donors (Lipinski definition) is 1. The maximum atomic E-state index is 12.6. The van der Waals surface area contributed by atoms with Gasteiger partial charge in [0.05, 0.1) is 0 Å². The number of anilines is 1. The predicted molar refractivity (Wildman–Crippen MR) is 77.4 cm³/mol. The van der Waals surface area contributed by atoms with Crippen LogP contribution in [-0.4, -0.2) is 25.3 Å². The lowest BCUT2D eigenvalue weighted by molar-refractivity contribution is -0.119. The molecule has 0 bridgehead atoms. The van der Waals surface area contributed by atoms with Crippen LogP contribution in [-0.2, 0) is 6.42 Å². The molecule has 0 spiro atoms. The molecule has 1 aromatic rings. The first kappa shape index (κ1) is 17.1. The molecule has 2 nitrogen and oxygen atoms in total. The second kappa shape index (κ2) is 7.18. The normalized spacial score (nSPS) is 13.3. The fraction of sp³-hybridized carbons (Fsp3) is 0.571. The highest BCUT2D eigenvalue weighted by atomic mass is 35.5. The fourth-order valence-corrected chi connectivity index (χ4v) is 2.23. The van der Waals surface area contributed by atoms with Crippen LogP contribution in [0.5, 0.6) is 0 Å². The molecule has 0 radical (unpaired) electrons.